The lowest BCUT2D eigenvalue weighted by molar-refractivity contribution is 0.355. The first-order valence-electron chi connectivity index (χ1n) is 8.10. The highest BCUT2D eigenvalue weighted by atomic mass is 16.5. The molecule has 0 aliphatic carbocycles. The highest BCUT2D eigenvalue weighted by molar-refractivity contribution is 6.03. The number of nitrogens with zero attached hydrogens (tertiary/aromatic N) is 1. The van der Waals surface area contributed by atoms with Gasteiger partial charge in [0, 0.05) is 28.5 Å². The lowest BCUT2D eigenvalue weighted by Crippen LogP contribution is -2.01. The van der Waals surface area contributed by atoms with Crippen molar-refractivity contribution in [3.8, 4) is 11.5 Å². The molecule has 5 heteroatoms. The predicted molar refractivity (Wildman–Crippen MR) is 103 cm³/mol. The van der Waals surface area contributed by atoms with Crippen molar-refractivity contribution >= 4 is 28.0 Å². The molecule has 3 aromatic rings. The fourth-order valence-corrected chi connectivity index (χ4v) is 3.01. The zero-order valence-corrected chi connectivity index (χ0v) is 15.2. The van der Waals surface area contributed by atoms with E-state index in [1.54, 1.807) is 14.2 Å². The van der Waals surface area contributed by atoms with Crippen LogP contribution in [0.1, 0.15) is 16.8 Å². The molecule has 0 bridgehead atoms. The molecule has 0 aliphatic heterocycles. The first kappa shape index (κ1) is 16.9. The van der Waals surface area contributed by atoms with Crippen LogP contribution in [0.25, 0.3) is 10.9 Å². The van der Waals surface area contributed by atoms with E-state index >= 15 is 0 Å². The third-order valence-electron chi connectivity index (χ3n) is 4.42. The number of rotatable bonds is 4. The Hall–Kier alpha value is -2.95. The maximum atomic E-state index is 6.31. The quantitative estimate of drug-likeness (QED) is 0.686. The van der Waals surface area contributed by atoms with Gasteiger partial charge in [0.25, 0.3) is 0 Å². The van der Waals surface area contributed by atoms with E-state index in [9.17, 15) is 0 Å². The Bertz CT molecular complexity index is 952. The van der Waals surface area contributed by atoms with Gasteiger partial charge in [-0.3, -0.25) is 4.98 Å². The van der Waals surface area contributed by atoms with Gasteiger partial charge in [-0.05, 0) is 56.2 Å². The van der Waals surface area contributed by atoms with Gasteiger partial charge in [-0.25, -0.2) is 0 Å². The summed E-state index contributed by atoms with van der Waals surface area (Å²) in [6.45, 7) is 6.11. The van der Waals surface area contributed by atoms with Crippen molar-refractivity contribution in [2.75, 3.05) is 25.3 Å². The van der Waals surface area contributed by atoms with Crippen LogP contribution in [0.5, 0.6) is 11.5 Å². The minimum Gasteiger partial charge on any atom is -0.493 e. The van der Waals surface area contributed by atoms with E-state index in [1.165, 1.54) is 0 Å². The van der Waals surface area contributed by atoms with Crippen LogP contribution in [-0.2, 0) is 0 Å². The van der Waals surface area contributed by atoms with Crippen molar-refractivity contribution in [1.82, 2.24) is 4.98 Å². The van der Waals surface area contributed by atoms with Gasteiger partial charge in [-0.2, -0.15) is 0 Å². The number of hydrogen-bond donors (Lipinski definition) is 2. The number of nitrogens with one attached hydrogen (secondary N) is 1. The van der Waals surface area contributed by atoms with Gasteiger partial charge in [-0.1, -0.05) is 0 Å². The summed E-state index contributed by atoms with van der Waals surface area (Å²) in [7, 11) is 3.24. The molecule has 0 saturated carbocycles. The van der Waals surface area contributed by atoms with Crippen LogP contribution in [-0.4, -0.2) is 19.2 Å². The second kappa shape index (κ2) is 6.51. The highest BCUT2D eigenvalue weighted by Gasteiger charge is 2.13. The van der Waals surface area contributed by atoms with Crippen molar-refractivity contribution in [2.45, 2.75) is 20.8 Å². The Balaban J connectivity index is 2.15. The molecule has 1 heterocycles. The normalized spacial score (nSPS) is 10.8. The molecule has 0 unspecified atom stereocenters. The van der Waals surface area contributed by atoms with Gasteiger partial charge in [0.2, 0.25) is 0 Å². The van der Waals surface area contributed by atoms with Gasteiger partial charge in [0.1, 0.15) is 0 Å². The van der Waals surface area contributed by atoms with Crippen LogP contribution >= 0.6 is 0 Å². The number of anilines is 3. The minimum atomic E-state index is 0.669. The summed E-state index contributed by atoms with van der Waals surface area (Å²) in [5, 5.41) is 4.38. The molecule has 0 amide bonds. The van der Waals surface area contributed by atoms with Crippen molar-refractivity contribution < 1.29 is 9.47 Å². The van der Waals surface area contributed by atoms with Gasteiger partial charge in [0.05, 0.1) is 25.4 Å². The van der Waals surface area contributed by atoms with Crippen LogP contribution in [0.4, 0.5) is 17.1 Å². The third-order valence-corrected chi connectivity index (χ3v) is 4.42. The lowest BCUT2D eigenvalue weighted by Gasteiger charge is -2.16. The molecule has 0 atom stereocenters. The van der Waals surface area contributed by atoms with Crippen LogP contribution in [0.2, 0.25) is 0 Å². The number of nitrogen functional groups attached to an aromatic ring is 1. The topological polar surface area (TPSA) is 69.4 Å². The molecule has 0 saturated heterocycles. The second-order valence-corrected chi connectivity index (χ2v) is 6.14. The average molecular weight is 337 g/mol. The summed E-state index contributed by atoms with van der Waals surface area (Å²) < 4.78 is 10.7. The molecule has 3 rings (SSSR count). The van der Waals surface area contributed by atoms with Crippen LogP contribution in [0, 0.1) is 20.8 Å². The van der Waals surface area contributed by atoms with Gasteiger partial charge in [-0.15, -0.1) is 0 Å². The largest absolute Gasteiger partial charge is 0.493 e. The fourth-order valence-electron chi connectivity index (χ4n) is 3.01. The number of hydrogen-bond acceptors (Lipinski definition) is 5. The van der Waals surface area contributed by atoms with Crippen LogP contribution in [0.15, 0.2) is 30.3 Å². The van der Waals surface area contributed by atoms with Crippen LogP contribution < -0.4 is 20.5 Å². The molecule has 0 fully saturated rings. The molecule has 0 radical (unpaired) electrons. The summed E-state index contributed by atoms with van der Waals surface area (Å²) in [5.41, 5.74) is 13.0. The Kier molecular flexibility index (Phi) is 4.40. The first-order valence-corrected chi connectivity index (χ1v) is 8.10. The van der Waals surface area contributed by atoms with Crippen LogP contribution in [0.3, 0.4) is 0 Å². The predicted octanol–water partition coefficient (Wildman–Crippen LogP) is 4.50. The molecule has 1 aromatic heterocycles. The summed E-state index contributed by atoms with van der Waals surface area (Å²) in [4.78, 5) is 4.70. The number of fused-ring (bicyclic) bond motifs is 1. The van der Waals surface area contributed by atoms with Crippen molar-refractivity contribution in [3.63, 3.8) is 0 Å². The van der Waals surface area contributed by atoms with Gasteiger partial charge < -0.3 is 20.5 Å². The van der Waals surface area contributed by atoms with Crippen molar-refractivity contribution in [2.24, 2.45) is 0 Å². The molecule has 3 N–H and O–H groups in total. The Morgan fingerprint density at radius 2 is 1.68 bits per heavy atom. The number of aryl methyl sites for hydroxylation is 3. The SMILES string of the molecule is COc1ccc(Nc2cc(C)nc3c(C)c(C)cc(N)c23)cc1OC. The molecule has 25 heavy (non-hydrogen) atoms. The number of nitrogens with two attached hydrogens (primary N) is 1. The third kappa shape index (κ3) is 3.05. The van der Waals surface area contributed by atoms with E-state index in [4.69, 9.17) is 20.2 Å². The zero-order valence-electron chi connectivity index (χ0n) is 15.2. The maximum Gasteiger partial charge on any atom is 0.162 e. The number of pyridine rings is 1. The number of aromatic nitrogens is 1. The molecular formula is C20H23N3O2. The average Bonchev–Trinajstić information content (AvgIpc) is 2.59. The van der Waals surface area contributed by atoms with E-state index in [2.05, 4.69) is 19.2 Å². The highest BCUT2D eigenvalue weighted by Crippen LogP contribution is 2.36. The monoisotopic (exact) mass is 337 g/mol. The summed E-state index contributed by atoms with van der Waals surface area (Å²) in [6.07, 6.45) is 0. The fraction of sp³-hybridized carbons (Fsp3) is 0.250. The zero-order chi connectivity index (χ0) is 18.1. The number of methoxy groups -OCH3 is 2. The second-order valence-electron chi connectivity index (χ2n) is 6.14. The van der Waals surface area contributed by atoms with E-state index in [-0.39, 0.29) is 0 Å². The van der Waals surface area contributed by atoms with Crippen molar-refractivity contribution in [3.05, 3.63) is 47.2 Å². The van der Waals surface area contributed by atoms with Crippen molar-refractivity contribution in [1.29, 1.82) is 0 Å². The van der Waals surface area contributed by atoms with E-state index < -0.39 is 0 Å². The summed E-state index contributed by atoms with van der Waals surface area (Å²) in [5.74, 6) is 1.36. The molecule has 130 valence electrons. The molecular weight excluding hydrogens is 314 g/mol. The number of benzene rings is 2. The minimum absolute atomic E-state index is 0.669. The lowest BCUT2D eigenvalue weighted by atomic mass is 10.0. The van der Waals surface area contributed by atoms with E-state index in [1.807, 2.05) is 37.3 Å². The van der Waals surface area contributed by atoms with E-state index in [0.29, 0.717) is 17.2 Å². The van der Waals surface area contributed by atoms with Gasteiger partial charge >= 0.3 is 0 Å². The maximum absolute atomic E-state index is 6.31. The first-order chi connectivity index (χ1) is 11.9. The molecule has 0 spiro atoms. The smallest absolute Gasteiger partial charge is 0.162 e. The Morgan fingerprint density at radius 1 is 0.960 bits per heavy atom. The molecule has 2 aromatic carbocycles. The summed E-state index contributed by atoms with van der Waals surface area (Å²) >= 11 is 0. The molecule has 5 nitrogen and oxygen atoms in total. The van der Waals surface area contributed by atoms with Gasteiger partial charge in [0.15, 0.2) is 11.5 Å². The molecule has 0 aliphatic rings. The summed E-state index contributed by atoms with van der Waals surface area (Å²) in [6, 6.07) is 9.71. The number of ether oxygens (including phenoxy) is 2. The Labute approximate surface area is 147 Å². The Morgan fingerprint density at radius 3 is 2.36 bits per heavy atom. The standard InChI is InChI=1S/C20H23N3O2/c1-11-8-15(21)19-16(9-12(2)22-20(19)13(11)3)23-14-6-7-17(24-4)18(10-14)25-5/h6-10H,21H2,1-5H3,(H,22,23). The van der Waals surface area contributed by atoms with E-state index in [0.717, 1.165) is 39.1 Å².